The zero-order chi connectivity index (χ0) is 12.2. The van der Waals surface area contributed by atoms with Gasteiger partial charge in [0, 0.05) is 13.1 Å². The van der Waals surface area contributed by atoms with Crippen molar-refractivity contribution in [2.24, 2.45) is 0 Å². The zero-order valence-electron chi connectivity index (χ0n) is 9.87. The van der Waals surface area contributed by atoms with Crippen molar-refractivity contribution in [3.8, 4) is 0 Å². The molecule has 0 spiro atoms. The Bertz CT molecular complexity index is 455. The van der Waals surface area contributed by atoms with E-state index in [9.17, 15) is 8.42 Å². The van der Waals surface area contributed by atoms with Crippen LogP contribution in [0.2, 0.25) is 0 Å². The van der Waals surface area contributed by atoms with Crippen LogP contribution in [0.15, 0.2) is 23.1 Å². The van der Waals surface area contributed by atoms with Gasteiger partial charge in [0.25, 0.3) is 0 Å². The molecule has 1 rings (SSSR count). The molecule has 0 heterocycles. The Balaban J connectivity index is 3.16. The van der Waals surface area contributed by atoms with E-state index in [2.05, 4.69) is 10.0 Å². The van der Waals surface area contributed by atoms with Crippen LogP contribution in [0.5, 0.6) is 0 Å². The molecule has 0 atom stereocenters. The van der Waals surface area contributed by atoms with Crippen LogP contribution in [0.4, 0.5) is 0 Å². The minimum absolute atomic E-state index is 0.363. The van der Waals surface area contributed by atoms with E-state index < -0.39 is 10.0 Å². The maximum atomic E-state index is 11.9. The first kappa shape index (κ1) is 13.2. The monoisotopic (exact) mass is 242 g/mol. The van der Waals surface area contributed by atoms with Gasteiger partial charge in [-0.2, -0.15) is 0 Å². The molecule has 1 aromatic carbocycles. The molecule has 16 heavy (non-hydrogen) atoms. The van der Waals surface area contributed by atoms with E-state index in [1.165, 1.54) is 0 Å². The van der Waals surface area contributed by atoms with Crippen LogP contribution < -0.4 is 10.0 Å². The molecule has 5 heteroatoms. The molecule has 0 saturated carbocycles. The van der Waals surface area contributed by atoms with Gasteiger partial charge in [-0.25, -0.2) is 13.1 Å². The number of hydrogen-bond donors (Lipinski definition) is 2. The lowest BCUT2D eigenvalue weighted by Gasteiger charge is -2.10. The lowest BCUT2D eigenvalue weighted by Crippen LogP contribution is -2.24. The minimum Gasteiger partial charge on any atom is -0.316 e. The SMILES string of the molecule is CCNS(=O)(=O)c1cc(CNC)ccc1C. The van der Waals surface area contributed by atoms with Crippen LogP contribution in [0.3, 0.4) is 0 Å². The summed E-state index contributed by atoms with van der Waals surface area (Å²) in [4.78, 5) is 0.363. The summed E-state index contributed by atoms with van der Waals surface area (Å²) in [5.41, 5.74) is 1.73. The summed E-state index contributed by atoms with van der Waals surface area (Å²) in [7, 11) is -1.53. The third-order valence-electron chi connectivity index (χ3n) is 2.26. The second kappa shape index (κ2) is 5.43. The van der Waals surface area contributed by atoms with E-state index in [0.29, 0.717) is 18.0 Å². The zero-order valence-corrected chi connectivity index (χ0v) is 10.7. The molecule has 0 unspecified atom stereocenters. The van der Waals surface area contributed by atoms with Crippen molar-refractivity contribution in [1.82, 2.24) is 10.0 Å². The first-order chi connectivity index (χ1) is 7.51. The van der Waals surface area contributed by atoms with Crippen molar-refractivity contribution < 1.29 is 8.42 Å². The van der Waals surface area contributed by atoms with Gasteiger partial charge < -0.3 is 5.32 Å². The van der Waals surface area contributed by atoms with E-state index in [1.807, 2.05) is 19.2 Å². The van der Waals surface area contributed by atoms with Crippen LogP contribution in [-0.2, 0) is 16.6 Å². The Kier molecular flexibility index (Phi) is 4.46. The van der Waals surface area contributed by atoms with Crippen molar-refractivity contribution in [2.45, 2.75) is 25.3 Å². The van der Waals surface area contributed by atoms with Gasteiger partial charge >= 0.3 is 0 Å². The quantitative estimate of drug-likeness (QED) is 0.810. The molecule has 0 aliphatic rings. The van der Waals surface area contributed by atoms with Gasteiger partial charge in [0.2, 0.25) is 10.0 Å². The van der Waals surface area contributed by atoms with Crippen LogP contribution in [0.1, 0.15) is 18.1 Å². The largest absolute Gasteiger partial charge is 0.316 e. The number of rotatable bonds is 5. The van der Waals surface area contributed by atoms with Gasteiger partial charge in [0.15, 0.2) is 0 Å². The smallest absolute Gasteiger partial charge is 0.240 e. The molecule has 0 amide bonds. The van der Waals surface area contributed by atoms with Gasteiger partial charge in [-0.1, -0.05) is 19.1 Å². The van der Waals surface area contributed by atoms with Crippen molar-refractivity contribution in [2.75, 3.05) is 13.6 Å². The van der Waals surface area contributed by atoms with Crippen molar-refractivity contribution >= 4 is 10.0 Å². The summed E-state index contributed by atoms with van der Waals surface area (Å²) >= 11 is 0. The molecule has 2 N–H and O–H groups in total. The van der Waals surface area contributed by atoms with E-state index in [1.54, 1.807) is 19.9 Å². The maximum absolute atomic E-state index is 11.9. The summed E-state index contributed by atoms with van der Waals surface area (Å²) in [6, 6.07) is 5.47. The molecule has 0 fully saturated rings. The fourth-order valence-corrected chi connectivity index (χ4v) is 2.85. The Morgan fingerprint density at radius 3 is 2.56 bits per heavy atom. The second-order valence-corrected chi connectivity index (χ2v) is 5.37. The molecule has 0 bridgehead atoms. The van der Waals surface area contributed by atoms with Crippen LogP contribution >= 0.6 is 0 Å². The number of nitrogens with one attached hydrogen (secondary N) is 2. The van der Waals surface area contributed by atoms with Gasteiger partial charge in [0.1, 0.15) is 0 Å². The number of aryl methyl sites for hydroxylation is 1. The van der Waals surface area contributed by atoms with E-state index in [0.717, 1.165) is 11.1 Å². The molecule has 0 saturated heterocycles. The van der Waals surface area contributed by atoms with Crippen LogP contribution in [-0.4, -0.2) is 22.0 Å². The fourth-order valence-electron chi connectivity index (χ4n) is 1.52. The van der Waals surface area contributed by atoms with E-state index in [4.69, 9.17) is 0 Å². The summed E-state index contributed by atoms with van der Waals surface area (Å²) in [5.74, 6) is 0. The van der Waals surface area contributed by atoms with E-state index >= 15 is 0 Å². The normalized spacial score (nSPS) is 11.7. The number of hydrogen-bond acceptors (Lipinski definition) is 3. The van der Waals surface area contributed by atoms with Crippen molar-refractivity contribution in [3.05, 3.63) is 29.3 Å². The molecule has 0 radical (unpaired) electrons. The summed E-state index contributed by atoms with van der Waals surface area (Å²) in [5, 5.41) is 3.00. The average Bonchev–Trinajstić information content (AvgIpc) is 2.21. The standard InChI is InChI=1S/C11H18N2O2S/c1-4-13-16(14,15)11-7-10(8-12-3)6-5-9(11)2/h5-7,12-13H,4,8H2,1-3H3. The molecular formula is C11H18N2O2S. The van der Waals surface area contributed by atoms with Crippen molar-refractivity contribution in [3.63, 3.8) is 0 Å². The first-order valence-electron chi connectivity index (χ1n) is 5.25. The molecule has 0 aliphatic heterocycles. The molecule has 4 nitrogen and oxygen atoms in total. The predicted octanol–water partition coefficient (Wildman–Crippen LogP) is 1.01. The molecule has 0 aromatic heterocycles. The average molecular weight is 242 g/mol. The van der Waals surface area contributed by atoms with Gasteiger partial charge in [-0.3, -0.25) is 0 Å². The van der Waals surface area contributed by atoms with Gasteiger partial charge in [-0.05, 0) is 31.2 Å². The second-order valence-electron chi connectivity index (χ2n) is 3.63. The minimum atomic E-state index is -3.36. The third kappa shape index (κ3) is 3.04. The molecule has 0 aliphatic carbocycles. The van der Waals surface area contributed by atoms with Crippen LogP contribution in [0, 0.1) is 6.92 Å². The Labute approximate surface area is 97.1 Å². The van der Waals surface area contributed by atoms with Gasteiger partial charge in [0.05, 0.1) is 4.90 Å². The highest BCUT2D eigenvalue weighted by Gasteiger charge is 2.15. The Morgan fingerprint density at radius 1 is 1.31 bits per heavy atom. The molecule has 1 aromatic rings. The highest BCUT2D eigenvalue weighted by atomic mass is 32.2. The number of benzene rings is 1. The first-order valence-corrected chi connectivity index (χ1v) is 6.73. The highest BCUT2D eigenvalue weighted by molar-refractivity contribution is 7.89. The fraction of sp³-hybridized carbons (Fsp3) is 0.455. The van der Waals surface area contributed by atoms with Crippen molar-refractivity contribution in [1.29, 1.82) is 0 Å². The third-order valence-corrected chi connectivity index (χ3v) is 3.94. The summed E-state index contributed by atoms with van der Waals surface area (Å²) in [6.45, 7) is 4.63. The summed E-state index contributed by atoms with van der Waals surface area (Å²) < 4.78 is 26.3. The highest BCUT2D eigenvalue weighted by Crippen LogP contribution is 2.16. The lowest BCUT2D eigenvalue weighted by molar-refractivity contribution is 0.583. The Morgan fingerprint density at radius 2 is 2.00 bits per heavy atom. The maximum Gasteiger partial charge on any atom is 0.240 e. The van der Waals surface area contributed by atoms with Crippen LogP contribution in [0.25, 0.3) is 0 Å². The molecule has 90 valence electrons. The molecular weight excluding hydrogens is 224 g/mol. The van der Waals surface area contributed by atoms with Gasteiger partial charge in [-0.15, -0.1) is 0 Å². The van der Waals surface area contributed by atoms with E-state index in [-0.39, 0.29) is 0 Å². The topological polar surface area (TPSA) is 58.2 Å². The number of sulfonamides is 1. The lowest BCUT2D eigenvalue weighted by atomic mass is 10.1. The summed E-state index contributed by atoms with van der Waals surface area (Å²) in [6.07, 6.45) is 0. The Hall–Kier alpha value is -0.910. The predicted molar refractivity (Wildman–Crippen MR) is 64.8 cm³/mol.